The van der Waals surface area contributed by atoms with Crippen LogP contribution in [0, 0.1) is 0 Å². The second-order valence-electron chi connectivity index (χ2n) is 9.62. The molecule has 0 aliphatic carbocycles. The minimum atomic E-state index is -1.01. The molecule has 0 spiro atoms. The third-order valence-corrected chi connectivity index (χ3v) is 8.01. The number of carbonyl (C=O) groups excluding carboxylic acids is 1. The van der Waals surface area contributed by atoms with Gasteiger partial charge in [-0.1, -0.05) is 48.0 Å². The molecule has 0 radical (unpaired) electrons. The number of ether oxygens (including phenoxy) is 3. The van der Waals surface area contributed by atoms with Gasteiger partial charge in [-0.05, 0) is 90.5 Å². The highest BCUT2D eigenvalue weighted by atomic mass is 35.5. The summed E-state index contributed by atoms with van der Waals surface area (Å²) in [5.41, 5.74) is 3.22. The lowest BCUT2D eigenvalue weighted by molar-refractivity contribution is -0.122. The van der Waals surface area contributed by atoms with Crippen molar-refractivity contribution in [3.05, 3.63) is 123 Å². The van der Waals surface area contributed by atoms with Crippen molar-refractivity contribution in [2.45, 2.75) is 20.1 Å². The van der Waals surface area contributed by atoms with E-state index in [0.717, 1.165) is 16.7 Å². The summed E-state index contributed by atoms with van der Waals surface area (Å²) in [5, 5.41) is 10.4. The van der Waals surface area contributed by atoms with Gasteiger partial charge in [0.25, 0.3) is 5.91 Å². The van der Waals surface area contributed by atoms with Crippen LogP contribution in [0.4, 0.5) is 5.69 Å². The maximum absolute atomic E-state index is 13.7. The van der Waals surface area contributed by atoms with E-state index >= 15 is 0 Å². The van der Waals surface area contributed by atoms with Crippen LogP contribution >= 0.6 is 23.4 Å². The van der Waals surface area contributed by atoms with E-state index in [-0.39, 0.29) is 24.6 Å². The van der Waals surface area contributed by atoms with Gasteiger partial charge in [0, 0.05) is 10.6 Å². The number of aromatic carboxylic acids is 1. The lowest BCUT2D eigenvalue weighted by Crippen LogP contribution is -2.28. The first-order chi connectivity index (χ1) is 21.3. The molecule has 8 nitrogen and oxygen atoms in total. The van der Waals surface area contributed by atoms with Gasteiger partial charge >= 0.3 is 5.97 Å². The van der Waals surface area contributed by atoms with Crippen molar-refractivity contribution in [3.63, 3.8) is 0 Å². The first kappa shape index (κ1) is 30.7. The highest BCUT2D eigenvalue weighted by Gasteiger charge is 2.33. The zero-order chi connectivity index (χ0) is 31.1. The fraction of sp³-hybridized carbons (Fsp3) is 0.147. The van der Waals surface area contributed by atoms with Crippen LogP contribution in [0.25, 0.3) is 6.08 Å². The van der Waals surface area contributed by atoms with E-state index in [1.165, 1.54) is 23.9 Å². The van der Waals surface area contributed by atoms with Crippen molar-refractivity contribution in [3.8, 4) is 17.2 Å². The zero-order valence-electron chi connectivity index (χ0n) is 24.0. The molecule has 0 atom stereocenters. The number of aliphatic imine (C=N–C) groups is 1. The predicted octanol–water partition coefficient (Wildman–Crippen LogP) is 7.83. The molecular formula is C34H29ClN2O6S. The van der Waals surface area contributed by atoms with Crippen LogP contribution in [0.3, 0.4) is 0 Å². The van der Waals surface area contributed by atoms with E-state index in [2.05, 4.69) is 0 Å². The van der Waals surface area contributed by atoms with E-state index in [1.54, 1.807) is 42.4 Å². The van der Waals surface area contributed by atoms with Crippen molar-refractivity contribution < 1.29 is 28.9 Å². The summed E-state index contributed by atoms with van der Waals surface area (Å²) in [4.78, 5) is 31.9. The average Bonchev–Trinajstić information content (AvgIpc) is 3.31. The van der Waals surface area contributed by atoms with Crippen molar-refractivity contribution in [1.82, 2.24) is 4.90 Å². The highest BCUT2D eigenvalue weighted by molar-refractivity contribution is 8.18. The van der Waals surface area contributed by atoms with E-state index in [9.17, 15) is 14.7 Å². The van der Waals surface area contributed by atoms with Crippen LogP contribution in [-0.4, -0.2) is 40.8 Å². The Morgan fingerprint density at radius 3 is 2.41 bits per heavy atom. The van der Waals surface area contributed by atoms with Gasteiger partial charge in [0.05, 0.1) is 36.4 Å². The number of halogens is 1. The van der Waals surface area contributed by atoms with Gasteiger partial charge in [-0.2, -0.15) is 0 Å². The second-order valence-corrected chi connectivity index (χ2v) is 11.0. The van der Waals surface area contributed by atoms with Gasteiger partial charge in [-0.3, -0.25) is 9.69 Å². The van der Waals surface area contributed by atoms with Crippen LogP contribution in [0.2, 0.25) is 5.02 Å². The maximum atomic E-state index is 13.7. The lowest BCUT2D eigenvalue weighted by atomic mass is 10.1. The number of amidine groups is 1. The molecule has 4 aromatic rings. The third kappa shape index (κ3) is 7.42. The van der Waals surface area contributed by atoms with Crippen molar-refractivity contribution in [2.24, 2.45) is 4.99 Å². The van der Waals surface area contributed by atoms with Gasteiger partial charge in [0.2, 0.25) is 0 Å². The Morgan fingerprint density at radius 2 is 1.73 bits per heavy atom. The zero-order valence-corrected chi connectivity index (χ0v) is 25.6. The van der Waals surface area contributed by atoms with Crippen LogP contribution in [-0.2, 0) is 17.9 Å². The Kier molecular flexibility index (Phi) is 9.89. The summed E-state index contributed by atoms with van der Waals surface area (Å²) in [6.45, 7) is 2.82. The van der Waals surface area contributed by atoms with Gasteiger partial charge in [-0.15, -0.1) is 0 Å². The maximum Gasteiger partial charge on any atom is 0.335 e. The molecule has 1 heterocycles. The molecule has 0 unspecified atom stereocenters. The number of hydrogen-bond acceptors (Lipinski definition) is 7. The third-order valence-electron chi connectivity index (χ3n) is 6.63. The van der Waals surface area contributed by atoms with E-state index in [0.29, 0.717) is 44.6 Å². The Labute approximate surface area is 264 Å². The van der Waals surface area contributed by atoms with E-state index in [4.69, 9.17) is 30.8 Å². The van der Waals surface area contributed by atoms with Crippen molar-refractivity contribution >= 4 is 52.2 Å². The molecule has 1 fully saturated rings. The number of nitrogens with zero attached hydrogens (tertiary/aromatic N) is 2. The number of methoxy groups -OCH3 is 1. The van der Waals surface area contributed by atoms with Crippen LogP contribution in [0.5, 0.6) is 17.2 Å². The normalized spacial score (nSPS) is 14.7. The van der Waals surface area contributed by atoms with E-state index in [1.807, 2.05) is 61.5 Å². The number of hydrogen-bond donors (Lipinski definition) is 1. The quantitative estimate of drug-likeness (QED) is 0.169. The lowest BCUT2D eigenvalue weighted by Gasteiger charge is -2.16. The fourth-order valence-electron chi connectivity index (χ4n) is 4.36. The fourth-order valence-corrected chi connectivity index (χ4v) is 5.55. The number of amides is 1. The number of rotatable bonds is 11. The molecule has 10 heteroatoms. The molecule has 1 N–H and O–H groups in total. The second kappa shape index (κ2) is 14.2. The Morgan fingerprint density at radius 1 is 0.977 bits per heavy atom. The Hall–Kier alpha value is -4.73. The summed E-state index contributed by atoms with van der Waals surface area (Å²) < 4.78 is 17.2. The molecule has 5 rings (SSSR count). The molecule has 1 aliphatic heterocycles. The molecule has 0 aromatic heterocycles. The number of carboxylic acid groups (broad SMARTS) is 1. The first-order valence-electron chi connectivity index (χ1n) is 13.7. The van der Waals surface area contributed by atoms with Gasteiger partial charge < -0.3 is 19.3 Å². The highest BCUT2D eigenvalue weighted by Crippen LogP contribution is 2.37. The monoisotopic (exact) mass is 628 g/mol. The molecule has 1 aliphatic rings. The molecule has 1 saturated heterocycles. The summed E-state index contributed by atoms with van der Waals surface area (Å²) >= 11 is 7.55. The van der Waals surface area contributed by atoms with Crippen molar-refractivity contribution in [2.75, 3.05) is 13.7 Å². The molecule has 44 heavy (non-hydrogen) atoms. The van der Waals surface area contributed by atoms with Gasteiger partial charge in [0.1, 0.15) is 12.4 Å². The van der Waals surface area contributed by atoms with Crippen LogP contribution in [0.1, 0.15) is 34.0 Å². The Balaban J connectivity index is 1.43. The smallest absolute Gasteiger partial charge is 0.335 e. The number of thioether (sulfide) groups is 1. The molecule has 0 saturated carbocycles. The van der Waals surface area contributed by atoms with Crippen LogP contribution in [0.15, 0.2) is 101 Å². The standard InChI is InChI=1S/C34H29ClN2O6S/c1-3-42-30-18-23(10-17-29(30)43-21-25-6-4-5-7-28(25)35)19-31-32(38)37(20-22-8-11-24(12-9-22)33(39)40)34(44-31)36-26-13-15-27(41-2)16-14-26/h4-19H,3,20-21H2,1-2H3,(H,39,40)/b31-19-,36-34?. The minimum Gasteiger partial charge on any atom is -0.497 e. The minimum absolute atomic E-state index is 0.174. The number of carboxylic acids is 1. The molecular weight excluding hydrogens is 600 g/mol. The topological polar surface area (TPSA) is 97.7 Å². The molecule has 224 valence electrons. The molecule has 0 bridgehead atoms. The number of carbonyl (C=O) groups is 2. The SMILES string of the molecule is CCOc1cc(/C=C2\SC(=Nc3ccc(OC)cc3)N(Cc3ccc(C(=O)O)cc3)C2=O)ccc1OCc1ccccc1Cl. The van der Waals surface area contributed by atoms with Crippen molar-refractivity contribution in [1.29, 1.82) is 0 Å². The summed E-state index contributed by atoms with van der Waals surface area (Å²) in [5.74, 6) is 0.577. The number of benzene rings is 4. The largest absolute Gasteiger partial charge is 0.497 e. The predicted molar refractivity (Wildman–Crippen MR) is 173 cm³/mol. The summed E-state index contributed by atoms with van der Waals surface area (Å²) in [7, 11) is 1.59. The van der Waals surface area contributed by atoms with Gasteiger partial charge in [-0.25, -0.2) is 9.79 Å². The molecule has 1 amide bonds. The van der Waals surface area contributed by atoms with E-state index < -0.39 is 5.97 Å². The first-order valence-corrected chi connectivity index (χ1v) is 14.9. The molecule has 4 aromatic carbocycles. The summed E-state index contributed by atoms with van der Waals surface area (Å²) in [6.07, 6.45) is 1.80. The summed E-state index contributed by atoms with van der Waals surface area (Å²) in [6, 6.07) is 26.7. The average molecular weight is 629 g/mol. The Bertz CT molecular complexity index is 1720. The van der Waals surface area contributed by atoms with Crippen LogP contribution < -0.4 is 14.2 Å². The van der Waals surface area contributed by atoms with Gasteiger partial charge in [0.15, 0.2) is 16.7 Å².